The van der Waals surface area contributed by atoms with Crippen molar-refractivity contribution in [2.24, 2.45) is 5.92 Å². The van der Waals surface area contributed by atoms with Crippen LogP contribution >= 0.6 is 15.9 Å². The molecule has 24 heavy (non-hydrogen) atoms. The fourth-order valence-corrected chi connectivity index (χ4v) is 2.58. The van der Waals surface area contributed by atoms with Gasteiger partial charge in [-0.2, -0.15) is 0 Å². The van der Waals surface area contributed by atoms with Gasteiger partial charge in [0.25, 0.3) is 0 Å². The summed E-state index contributed by atoms with van der Waals surface area (Å²) in [5.74, 6) is -1.58. The molecule has 2 aromatic carbocycles. The molecular weight excluding hydrogens is 370 g/mol. The van der Waals surface area contributed by atoms with Gasteiger partial charge in [-0.05, 0) is 48.7 Å². The van der Waals surface area contributed by atoms with Gasteiger partial charge < -0.3 is 10.4 Å². The Labute approximate surface area is 150 Å². The Morgan fingerprint density at radius 3 is 2.17 bits per heavy atom. The number of halogens is 1. The molecule has 2 rings (SSSR count). The highest BCUT2D eigenvalue weighted by molar-refractivity contribution is 9.10. The van der Waals surface area contributed by atoms with Crippen LogP contribution in [0.3, 0.4) is 0 Å². The van der Waals surface area contributed by atoms with E-state index in [1.165, 1.54) is 0 Å². The quantitative estimate of drug-likeness (QED) is 0.766. The van der Waals surface area contributed by atoms with E-state index in [-0.39, 0.29) is 11.8 Å². The van der Waals surface area contributed by atoms with Gasteiger partial charge in [0.2, 0.25) is 5.91 Å². The highest BCUT2D eigenvalue weighted by Gasteiger charge is 2.16. The average molecular weight is 390 g/mol. The van der Waals surface area contributed by atoms with Crippen molar-refractivity contribution in [1.29, 1.82) is 0 Å². The van der Waals surface area contributed by atoms with Gasteiger partial charge in [-0.3, -0.25) is 9.59 Å². The smallest absolute Gasteiger partial charge is 0.306 e. The molecule has 0 bridgehead atoms. The Kier molecular flexibility index (Phi) is 6.15. The first kappa shape index (κ1) is 18.2. The molecule has 0 saturated carbocycles. The third-order valence-electron chi connectivity index (χ3n) is 3.95. The molecule has 0 aromatic heterocycles. The summed E-state index contributed by atoms with van der Waals surface area (Å²) in [5.41, 5.74) is 2.59. The van der Waals surface area contributed by atoms with Crippen LogP contribution in [0.4, 0.5) is 5.69 Å². The Morgan fingerprint density at radius 1 is 1.04 bits per heavy atom. The fraction of sp³-hybridized carbons (Fsp3) is 0.263. The van der Waals surface area contributed by atoms with Gasteiger partial charge in [-0.15, -0.1) is 0 Å². The van der Waals surface area contributed by atoms with Crippen molar-refractivity contribution in [3.05, 3.63) is 64.1 Å². The zero-order valence-corrected chi connectivity index (χ0v) is 15.2. The van der Waals surface area contributed by atoms with Crippen molar-refractivity contribution in [2.45, 2.75) is 26.2 Å². The maximum Gasteiger partial charge on any atom is 0.306 e. The molecule has 2 atom stereocenters. The minimum Gasteiger partial charge on any atom is -0.481 e. The van der Waals surface area contributed by atoms with Crippen molar-refractivity contribution in [3.63, 3.8) is 0 Å². The Balaban J connectivity index is 1.98. The van der Waals surface area contributed by atoms with Crippen LogP contribution in [0, 0.1) is 5.92 Å². The molecule has 0 fully saturated rings. The topological polar surface area (TPSA) is 66.4 Å². The number of benzene rings is 2. The number of nitrogens with one attached hydrogen (secondary N) is 1. The van der Waals surface area contributed by atoms with Gasteiger partial charge in [-0.1, -0.05) is 47.1 Å². The number of carboxylic acid groups (broad SMARTS) is 1. The molecule has 0 aliphatic heterocycles. The first-order valence-electron chi connectivity index (χ1n) is 7.75. The van der Waals surface area contributed by atoms with Crippen molar-refractivity contribution in [2.75, 3.05) is 5.32 Å². The first-order valence-corrected chi connectivity index (χ1v) is 8.54. The van der Waals surface area contributed by atoms with E-state index in [0.717, 1.165) is 15.6 Å². The summed E-state index contributed by atoms with van der Waals surface area (Å²) in [6, 6.07) is 15.0. The number of anilines is 1. The maximum atomic E-state index is 12.3. The van der Waals surface area contributed by atoms with Crippen LogP contribution in [0.15, 0.2) is 53.0 Å². The Hall–Kier alpha value is -2.14. The predicted octanol–water partition coefficient (Wildman–Crippen LogP) is 4.45. The van der Waals surface area contributed by atoms with Crippen LogP contribution in [-0.2, 0) is 16.0 Å². The molecule has 1 amide bonds. The van der Waals surface area contributed by atoms with Gasteiger partial charge in [-0.25, -0.2) is 0 Å². The molecule has 2 unspecified atom stereocenters. The third-order valence-corrected chi connectivity index (χ3v) is 4.48. The summed E-state index contributed by atoms with van der Waals surface area (Å²) in [7, 11) is 0. The highest BCUT2D eigenvalue weighted by atomic mass is 79.9. The third kappa shape index (κ3) is 4.93. The number of carbonyl (C=O) groups is 2. The lowest BCUT2D eigenvalue weighted by atomic mass is 10.00. The van der Waals surface area contributed by atoms with Crippen LogP contribution < -0.4 is 5.32 Å². The van der Waals surface area contributed by atoms with E-state index in [1.54, 1.807) is 19.1 Å². The zero-order chi connectivity index (χ0) is 17.7. The van der Waals surface area contributed by atoms with Crippen LogP contribution in [-0.4, -0.2) is 17.0 Å². The second-order valence-corrected chi connectivity index (χ2v) is 6.82. The number of rotatable bonds is 6. The SMILES string of the molecule is CC(Cc1ccc(NC(=O)C(C)c2ccc(Br)cc2)cc1)C(=O)O. The van der Waals surface area contributed by atoms with Crippen LogP contribution in [0.25, 0.3) is 0 Å². The van der Waals surface area contributed by atoms with Crippen LogP contribution in [0.5, 0.6) is 0 Å². The number of carboxylic acids is 1. The number of carbonyl (C=O) groups excluding carboxylic acids is 1. The van der Waals surface area contributed by atoms with E-state index in [9.17, 15) is 9.59 Å². The summed E-state index contributed by atoms with van der Waals surface area (Å²) in [4.78, 5) is 23.2. The first-order chi connectivity index (χ1) is 11.4. The molecule has 2 aromatic rings. The van der Waals surface area contributed by atoms with Gasteiger partial charge >= 0.3 is 5.97 Å². The zero-order valence-electron chi connectivity index (χ0n) is 13.6. The summed E-state index contributed by atoms with van der Waals surface area (Å²) < 4.78 is 0.977. The second-order valence-electron chi connectivity index (χ2n) is 5.90. The van der Waals surface area contributed by atoms with Crippen LogP contribution in [0.2, 0.25) is 0 Å². The number of aliphatic carboxylic acids is 1. The molecule has 0 heterocycles. The van der Waals surface area contributed by atoms with E-state index >= 15 is 0 Å². The fourth-order valence-electron chi connectivity index (χ4n) is 2.32. The number of hydrogen-bond donors (Lipinski definition) is 2. The van der Waals surface area contributed by atoms with Gasteiger partial charge in [0.1, 0.15) is 0 Å². The molecule has 5 heteroatoms. The Morgan fingerprint density at radius 2 is 1.62 bits per heavy atom. The average Bonchev–Trinajstić information content (AvgIpc) is 2.56. The second kappa shape index (κ2) is 8.11. The van der Waals surface area contributed by atoms with Gasteiger partial charge in [0, 0.05) is 10.2 Å². The molecule has 0 saturated heterocycles. The van der Waals surface area contributed by atoms with E-state index in [1.807, 2.05) is 43.3 Å². The number of amides is 1. The number of hydrogen-bond acceptors (Lipinski definition) is 2. The molecule has 4 nitrogen and oxygen atoms in total. The maximum absolute atomic E-state index is 12.3. The van der Waals surface area contributed by atoms with Crippen molar-refractivity contribution >= 4 is 33.5 Å². The molecule has 0 aliphatic carbocycles. The summed E-state index contributed by atoms with van der Waals surface area (Å²) in [6.07, 6.45) is 0.471. The van der Waals surface area contributed by atoms with E-state index in [0.29, 0.717) is 12.1 Å². The molecular formula is C19H20BrNO3. The minimum atomic E-state index is -0.810. The largest absolute Gasteiger partial charge is 0.481 e. The normalized spacial score (nSPS) is 13.1. The van der Waals surface area contributed by atoms with Crippen LogP contribution in [0.1, 0.15) is 30.9 Å². The van der Waals surface area contributed by atoms with E-state index in [4.69, 9.17) is 5.11 Å². The molecule has 0 aliphatic rings. The lowest BCUT2D eigenvalue weighted by molar-refractivity contribution is -0.141. The van der Waals surface area contributed by atoms with Crippen molar-refractivity contribution in [1.82, 2.24) is 0 Å². The van der Waals surface area contributed by atoms with E-state index < -0.39 is 11.9 Å². The molecule has 0 spiro atoms. The van der Waals surface area contributed by atoms with Crippen molar-refractivity contribution < 1.29 is 14.7 Å². The molecule has 126 valence electrons. The lowest BCUT2D eigenvalue weighted by Crippen LogP contribution is -2.18. The monoisotopic (exact) mass is 389 g/mol. The van der Waals surface area contributed by atoms with E-state index in [2.05, 4.69) is 21.2 Å². The van der Waals surface area contributed by atoms with Crippen molar-refractivity contribution in [3.8, 4) is 0 Å². The lowest BCUT2D eigenvalue weighted by Gasteiger charge is -2.13. The van der Waals surface area contributed by atoms with Gasteiger partial charge in [0.05, 0.1) is 11.8 Å². The molecule has 0 radical (unpaired) electrons. The standard InChI is InChI=1S/C19H20BrNO3/c1-12(19(23)24)11-14-3-9-17(10-4-14)21-18(22)13(2)15-5-7-16(20)8-6-15/h3-10,12-13H,11H2,1-2H3,(H,21,22)(H,23,24). The summed E-state index contributed by atoms with van der Waals surface area (Å²) >= 11 is 3.38. The highest BCUT2D eigenvalue weighted by Crippen LogP contribution is 2.21. The summed E-state index contributed by atoms with van der Waals surface area (Å²) in [5, 5.41) is 11.8. The molecule has 2 N–H and O–H groups in total. The summed E-state index contributed by atoms with van der Waals surface area (Å²) in [6.45, 7) is 3.54. The van der Waals surface area contributed by atoms with Gasteiger partial charge in [0.15, 0.2) is 0 Å². The Bertz CT molecular complexity index is 710. The minimum absolute atomic E-state index is 0.0797. The predicted molar refractivity (Wildman–Crippen MR) is 98.1 cm³/mol.